The SMILES string of the molecule is N#Cc1cncc([C@H]2CCCCN2N)c1. The molecule has 1 atom stereocenters. The highest BCUT2D eigenvalue weighted by Gasteiger charge is 2.21. The molecule has 1 aliphatic heterocycles. The Kier molecular flexibility index (Phi) is 2.95. The number of hydrogen-bond acceptors (Lipinski definition) is 4. The third-order valence-electron chi connectivity index (χ3n) is 2.82. The zero-order chi connectivity index (χ0) is 10.7. The maximum absolute atomic E-state index is 8.79. The summed E-state index contributed by atoms with van der Waals surface area (Å²) >= 11 is 0. The second kappa shape index (κ2) is 4.39. The highest BCUT2D eigenvalue weighted by Crippen LogP contribution is 2.27. The monoisotopic (exact) mass is 202 g/mol. The quantitative estimate of drug-likeness (QED) is 0.698. The summed E-state index contributed by atoms with van der Waals surface area (Å²) in [4.78, 5) is 4.06. The molecule has 0 aliphatic carbocycles. The summed E-state index contributed by atoms with van der Waals surface area (Å²) in [6, 6.07) is 4.20. The summed E-state index contributed by atoms with van der Waals surface area (Å²) in [5.74, 6) is 5.93. The summed E-state index contributed by atoms with van der Waals surface area (Å²) in [7, 11) is 0. The molecule has 0 radical (unpaired) electrons. The Morgan fingerprint density at radius 3 is 3.07 bits per heavy atom. The average Bonchev–Trinajstić information content (AvgIpc) is 2.30. The molecule has 0 bridgehead atoms. The zero-order valence-corrected chi connectivity index (χ0v) is 8.56. The van der Waals surface area contributed by atoms with Crippen molar-refractivity contribution in [1.82, 2.24) is 9.99 Å². The molecule has 4 heteroatoms. The normalized spacial score (nSPS) is 22.3. The van der Waals surface area contributed by atoms with Crippen molar-refractivity contribution >= 4 is 0 Å². The molecular weight excluding hydrogens is 188 g/mol. The van der Waals surface area contributed by atoms with Crippen LogP contribution in [0.4, 0.5) is 0 Å². The number of nitriles is 1. The lowest BCUT2D eigenvalue weighted by molar-refractivity contribution is 0.151. The van der Waals surface area contributed by atoms with E-state index in [0.29, 0.717) is 5.56 Å². The Balaban J connectivity index is 2.24. The zero-order valence-electron chi connectivity index (χ0n) is 8.56. The van der Waals surface area contributed by atoms with Gasteiger partial charge < -0.3 is 0 Å². The first-order valence-corrected chi connectivity index (χ1v) is 5.17. The molecule has 0 amide bonds. The molecule has 1 aromatic heterocycles. The minimum atomic E-state index is 0.222. The van der Waals surface area contributed by atoms with Crippen molar-refractivity contribution in [2.24, 2.45) is 5.84 Å². The molecule has 0 aromatic carbocycles. The minimum Gasteiger partial charge on any atom is -0.268 e. The first kappa shape index (κ1) is 10.1. The standard InChI is InChI=1S/C11H14N4/c12-6-9-5-10(8-14-7-9)11-3-1-2-4-15(11)13/h5,7-8,11H,1-4,13H2/t11-/m1/s1. The van der Waals surface area contributed by atoms with Gasteiger partial charge in [-0.1, -0.05) is 6.42 Å². The summed E-state index contributed by atoms with van der Waals surface area (Å²) < 4.78 is 0. The van der Waals surface area contributed by atoms with Crippen molar-refractivity contribution in [3.63, 3.8) is 0 Å². The van der Waals surface area contributed by atoms with E-state index in [-0.39, 0.29) is 6.04 Å². The predicted octanol–water partition coefficient (Wildman–Crippen LogP) is 1.35. The van der Waals surface area contributed by atoms with E-state index in [1.165, 1.54) is 6.42 Å². The van der Waals surface area contributed by atoms with Gasteiger partial charge in [0.1, 0.15) is 6.07 Å². The number of nitrogens with two attached hydrogens (primary N) is 1. The molecule has 0 spiro atoms. The topological polar surface area (TPSA) is 65.9 Å². The summed E-state index contributed by atoms with van der Waals surface area (Å²) in [6.45, 7) is 0.918. The third kappa shape index (κ3) is 2.14. The van der Waals surface area contributed by atoms with E-state index in [1.807, 2.05) is 11.1 Å². The van der Waals surface area contributed by atoms with Crippen LogP contribution in [0.25, 0.3) is 0 Å². The van der Waals surface area contributed by atoms with Gasteiger partial charge in [0.25, 0.3) is 0 Å². The van der Waals surface area contributed by atoms with Gasteiger partial charge in [0.05, 0.1) is 11.6 Å². The number of pyridine rings is 1. The molecule has 4 nitrogen and oxygen atoms in total. The van der Waals surface area contributed by atoms with Crippen LogP contribution in [-0.2, 0) is 0 Å². The Hall–Kier alpha value is -1.44. The van der Waals surface area contributed by atoms with Gasteiger partial charge >= 0.3 is 0 Å². The van der Waals surface area contributed by atoms with Crippen LogP contribution in [0.15, 0.2) is 18.5 Å². The third-order valence-corrected chi connectivity index (χ3v) is 2.82. The van der Waals surface area contributed by atoms with E-state index in [0.717, 1.165) is 24.9 Å². The van der Waals surface area contributed by atoms with Gasteiger partial charge in [-0.25, -0.2) is 5.01 Å². The first-order valence-electron chi connectivity index (χ1n) is 5.17. The minimum absolute atomic E-state index is 0.222. The highest BCUT2D eigenvalue weighted by molar-refractivity contribution is 5.30. The van der Waals surface area contributed by atoms with Gasteiger partial charge in [-0.3, -0.25) is 10.8 Å². The summed E-state index contributed by atoms with van der Waals surface area (Å²) in [5.41, 5.74) is 1.66. The predicted molar refractivity (Wildman–Crippen MR) is 56.4 cm³/mol. The lowest BCUT2D eigenvalue weighted by Gasteiger charge is -2.31. The van der Waals surface area contributed by atoms with E-state index in [1.54, 1.807) is 12.4 Å². The van der Waals surface area contributed by atoms with Crippen LogP contribution >= 0.6 is 0 Å². The molecule has 0 saturated carbocycles. The Morgan fingerprint density at radius 2 is 2.33 bits per heavy atom. The molecule has 0 unspecified atom stereocenters. The smallest absolute Gasteiger partial charge is 0.101 e. The van der Waals surface area contributed by atoms with Crippen molar-refractivity contribution < 1.29 is 0 Å². The number of nitrogens with zero attached hydrogens (tertiary/aromatic N) is 3. The van der Waals surface area contributed by atoms with Gasteiger partial charge in [-0.15, -0.1) is 0 Å². The first-order chi connectivity index (χ1) is 7.31. The number of rotatable bonds is 1. The lowest BCUT2D eigenvalue weighted by Crippen LogP contribution is -2.38. The van der Waals surface area contributed by atoms with E-state index in [2.05, 4.69) is 11.1 Å². The molecule has 2 N–H and O–H groups in total. The fourth-order valence-electron chi connectivity index (χ4n) is 2.01. The molecule has 78 valence electrons. The van der Waals surface area contributed by atoms with Crippen LogP contribution in [-0.4, -0.2) is 16.5 Å². The van der Waals surface area contributed by atoms with Crippen LogP contribution in [0.1, 0.15) is 36.4 Å². The molecule has 15 heavy (non-hydrogen) atoms. The van der Waals surface area contributed by atoms with Crippen LogP contribution in [0.2, 0.25) is 0 Å². The molecule has 1 fully saturated rings. The molecular formula is C11H14N4. The van der Waals surface area contributed by atoms with Gasteiger partial charge in [0, 0.05) is 18.9 Å². The molecule has 1 aromatic rings. The highest BCUT2D eigenvalue weighted by atomic mass is 15.4. The van der Waals surface area contributed by atoms with Crippen LogP contribution in [0.3, 0.4) is 0 Å². The van der Waals surface area contributed by atoms with Gasteiger partial charge in [-0.2, -0.15) is 5.26 Å². The van der Waals surface area contributed by atoms with Crippen molar-refractivity contribution in [1.29, 1.82) is 5.26 Å². The molecule has 2 heterocycles. The van der Waals surface area contributed by atoms with Crippen molar-refractivity contribution in [2.75, 3.05) is 6.54 Å². The van der Waals surface area contributed by atoms with Crippen molar-refractivity contribution in [3.8, 4) is 6.07 Å². The van der Waals surface area contributed by atoms with Crippen molar-refractivity contribution in [3.05, 3.63) is 29.6 Å². The summed E-state index contributed by atoms with van der Waals surface area (Å²) in [6.07, 6.45) is 6.77. The van der Waals surface area contributed by atoms with E-state index in [4.69, 9.17) is 11.1 Å². The fraction of sp³-hybridized carbons (Fsp3) is 0.455. The Labute approximate surface area is 89.3 Å². The van der Waals surface area contributed by atoms with Crippen LogP contribution < -0.4 is 5.84 Å². The van der Waals surface area contributed by atoms with E-state index >= 15 is 0 Å². The fourth-order valence-corrected chi connectivity index (χ4v) is 2.01. The number of piperidine rings is 1. The van der Waals surface area contributed by atoms with E-state index in [9.17, 15) is 0 Å². The lowest BCUT2D eigenvalue weighted by atomic mass is 9.97. The Bertz CT molecular complexity index is 382. The second-order valence-electron chi connectivity index (χ2n) is 3.87. The maximum atomic E-state index is 8.79. The van der Waals surface area contributed by atoms with Gasteiger partial charge in [0.2, 0.25) is 0 Å². The second-order valence-corrected chi connectivity index (χ2v) is 3.87. The van der Waals surface area contributed by atoms with Gasteiger partial charge in [-0.05, 0) is 24.5 Å². The number of hydrazine groups is 1. The van der Waals surface area contributed by atoms with Crippen LogP contribution in [0.5, 0.6) is 0 Å². The summed E-state index contributed by atoms with van der Waals surface area (Å²) in [5, 5.41) is 10.6. The van der Waals surface area contributed by atoms with Gasteiger partial charge in [0.15, 0.2) is 0 Å². The van der Waals surface area contributed by atoms with E-state index < -0.39 is 0 Å². The number of aromatic nitrogens is 1. The average molecular weight is 202 g/mol. The van der Waals surface area contributed by atoms with Crippen molar-refractivity contribution in [2.45, 2.75) is 25.3 Å². The molecule has 2 rings (SSSR count). The van der Waals surface area contributed by atoms with Crippen LogP contribution in [0, 0.1) is 11.3 Å². The molecule has 1 aliphatic rings. The Morgan fingerprint density at radius 1 is 1.47 bits per heavy atom. The maximum Gasteiger partial charge on any atom is 0.101 e. The number of hydrogen-bond donors (Lipinski definition) is 1. The molecule has 1 saturated heterocycles. The largest absolute Gasteiger partial charge is 0.268 e.